The summed E-state index contributed by atoms with van der Waals surface area (Å²) in [5, 5.41) is 12.6. The van der Waals surface area contributed by atoms with Gasteiger partial charge in [-0.3, -0.25) is 0 Å². The van der Waals surface area contributed by atoms with Crippen LogP contribution >= 0.6 is 0 Å². The molecule has 110 valence electrons. The van der Waals surface area contributed by atoms with Crippen LogP contribution in [-0.2, 0) is 9.53 Å². The van der Waals surface area contributed by atoms with E-state index in [1.54, 1.807) is 0 Å². The molecule has 0 radical (unpaired) electrons. The quantitative estimate of drug-likeness (QED) is 0.838. The van der Waals surface area contributed by atoms with E-state index >= 15 is 0 Å². The Morgan fingerprint density at radius 2 is 2.20 bits per heavy atom. The minimum atomic E-state index is -1.04. The van der Waals surface area contributed by atoms with Crippen molar-refractivity contribution >= 4 is 11.8 Å². The second kappa shape index (κ2) is 6.04. The van der Waals surface area contributed by atoms with Crippen LogP contribution < -0.4 is 10.1 Å². The molecule has 0 unspecified atom stereocenters. The molecular weight excluding hydrogens is 262 g/mol. The van der Waals surface area contributed by atoms with Gasteiger partial charge in [-0.15, -0.1) is 0 Å². The Bertz CT molecular complexity index is 487. The van der Waals surface area contributed by atoms with E-state index in [4.69, 9.17) is 9.47 Å². The topological polar surface area (TPSA) is 93.6 Å². The van der Waals surface area contributed by atoms with Crippen molar-refractivity contribution in [1.29, 1.82) is 0 Å². The van der Waals surface area contributed by atoms with Gasteiger partial charge >= 0.3 is 5.97 Å². The smallest absolute Gasteiger partial charge is 0.329 e. The van der Waals surface area contributed by atoms with Gasteiger partial charge in [0.2, 0.25) is 5.88 Å². The van der Waals surface area contributed by atoms with Gasteiger partial charge in [0.25, 0.3) is 0 Å². The van der Waals surface area contributed by atoms with Gasteiger partial charge in [0.15, 0.2) is 0 Å². The van der Waals surface area contributed by atoms with Crippen LogP contribution in [0.25, 0.3) is 0 Å². The predicted octanol–water partition coefficient (Wildman–Crippen LogP) is 1.23. The average molecular weight is 281 g/mol. The van der Waals surface area contributed by atoms with Crippen molar-refractivity contribution in [2.45, 2.75) is 32.2 Å². The first-order valence-electron chi connectivity index (χ1n) is 6.63. The lowest BCUT2D eigenvalue weighted by molar-refractivity contribution is -0.145. The number of carboxylic acids is 1. The summed E-state index contributed by atoms with van der Waals surface area (Å²) >= 11 is 0. The minimum absolute atomic E-state index is 0.399. The van der Waals surface area contributed by atoms with Crippen LogP contribution in [0.4, 0.5) is 5.82 Å². The van der Waals surface area contributed by atoms with E-state index in [0.717, 1.165) is 0 Å². The number of hydrogen-bond donors (Lipinski definition) is 2. The molecule has 0 amide bonds. The molecule has 0 aromatic carbocycles. The van der Waals surface area contributed by atoms with Crippen LogP contribution in [0.3, 0.4) is 0 Å². The predicted molar refractivity (Wildman–Crippen MR) is 72.0 cm³/mol. The van der Waals surface area contributed by atoms with Crippen LogP contribution in [0.2, 0.25) is 0 Å². The average Bonchev–Trinajstić information content (AvgIpc) is 2.44. The fourth-order valence-corrected chi connectivity index (χ4v) is 2.18. The highest BCUT2D eigenvalue weighted by Crippen LogP contribution is 2.29. The van der Waals surface area contributed by atoms with Gasteiger partial charge in [-0.1, -0.05) is 0 Å². The lowest BCUT2D eigenvalue weighted by Gasteiger charge is -2.34. The molecule has 0 atom stereocenters. The standard InChI is InChI=1S/C13H19N3O4/c1-3-20-11-9(2)10(14-8-15-11)16-13(12(17)18)4-6-19-7-5-13/h8H,3-7H2,1-2H3,(H,17,18)(H,14,15,16). The second-order valence-electron chi connectivity index (χ2n) is 4.71. The van der Waals surface area contributed by atoms with E-state index in [1.807, 2.05) is 13.8 Å². The highest BCUT2D eigenvalue weighted by molar-refractivity contribution is 5.83. The number of nitrogens with one attached hydrogen (secondary N) is 1. The molecule has 1 saturated heterocycles. The Morgan fingerprint density at radius 3 is 2.80 bits per heavy atom. The lowest BCUT2D eigenvalue weighted by atomic mass is 9.90. The van der Waals surface area contributed by atoms with Gasteiger partial charge in [0.05, 0.1) is 12.2 Å². The number of carboxylic acid groups (broad SMARTS) is 1. The highest BCUT2D eigenvalue weighted by Gasteiger charge is 2.41. The molecule has 7 nitrogen and oxygen atoms in total. The number of ether oxygens (including phenoxy) is 2. The summed E-state index contributed by atoms with van der Waals surface area (Å²) in [5.41, 5.74) is -0.331. The Labute approximate surface area is 117 Å². The lowest BCUT2D eigenvalue weighted by Crippen LogP contribution is -2.50. The van der Waals surface area contributed by atoms with Gasteiger partial charge in [-0.05, 0) is 13.8 Å². The number of aromatic nitrogens is 2. The van der Waals surface area contributed by atoms with E-state index in [1.165, 1.54) is 6.33 Å². The molecule has 0 aliphatic carbocycles. The second-order valence-corrected chi connectivity index (χ2v) is 4.71. The summed E-state index contributed by atoms with van der Waals surface area (Å²) in [5.74, 6) is 0.0714. The van der Waals surface area contributed by atoms with Crippen molar-refractivity contribution in [2.24, 2.45) is 0 Å². The number of rotatable bonds is 5. The van der Waals surface area contributed by atoms with E-state index in [-0.39, 0.29) is 0 Å². The van der Waals surface area contributed by atoms with Crippen LogP contribution in [0.5, 0.6) is 5.88 Å². The van der Waals surface area contributed by atoms with Crippen molar-refractivity contribution in [1.82, 2.24) is 9.97 Å². The SMILES string of the molecule is CCOc1ncnc(NC2(C(=O)O)CCOCC2)c1C. The molecule has 0 saturated carbocycles. The number of hydrogen-bond acceptors (Lipinski definition) is 6. The van der Waals surface area contributed by atoms with Crippen molar-refractivity contribution in [3.8, 4) is 5.88 Å². The minimum Gasteiger partial charge on any atom is -0.480 e. The number of anilines is 1. The van der Waals surface area contributed by atoms with E-state index in [2.05, 4.69) is 15.3 Å². The van der Waals surface area contributed by atoms with Crippen molar-refractivity contribution < 1.29 is 19.4 Å². The molecule has 2 rings (SSSR count). The molecule has 2 N–H and O–H groups in total. The van der Waals surface area contributed by atoms with Crippen molar-refractivity contribution in [3.05, 3.63) is 11.9 Å². The molecule has 1 aromatic heterocycles. The summed E-state index contributed by atoms with van der Waals surface area (Å²) in [7, 11) is 0. The Kier molecular flexibility index (Phi) is 4.39. The van der Waals surface area contributed by atoms with Gasteiger partial charge in [-0.2, -0.15) is 0 Å². The zero-order valence-electron chi connectivity index (χ0n) is 11.7. The Hall–Kier alpha value is -1.89. The number of aliphatic carboxylic acids is 1. The molecule has 20 heavy (non-hydrogen) atoms. The summed E-state index contributed by atoms with van der Waals surface area (Å²) < 4.78 is 10.6. The molecule has 1 aromatic rings. The largest absolute Gasteiger partial charge is 0.480 e. The van der Waals surface area contributed by atoms with Crippen molar-refractivity contribution in [3.63, 3.8) is 0 Å². The summed E-state index contributed by atoms with van der Waals surface area (Å²) in [6.07, 6.45) is 2.17. The molecular formula is C13H19N3O4. The van der Waals surface area contributed by atoms with Gasteiger partial charge in [-0.25, -0.2) is 14.8 Å². The Balaban J connectivity index is 2.27. The number of nitrogens with zero attached hydrogens (tertiary/aromatic N) is 2. The molecule has 1 aliphatic rings. The molecule has 1 fully saturated rings. The summed E-state index contributed by atoms with van der Waals surface area (Å²) in [6.45, 7) is 5.01. The van der Waals surface area contributed by atoms with Gasteiger partial charge in [0.1, 0.15) is 17.7 Å². The molecule has 0 spiro atoms. The molecule has 1 aliphatic heterocycles. The molecule has 7 heteroatoms. The van der Waals surface area contributed by atoms with Crippen molar-refractivity contribution in [2.75, 3.05) is 25.1 Å². The summed E-state index contributed by atoms with van der Waals surface area (Å²) in [6, 6.07) is 0. The van der Waals surface area contributed by atoms with E-state index < -0.39 is 11.5 Å². The number of carbonyl (C=O) groups is 1. The van der Waals surface area contributed by atoms with Crippen LogP contribution in [0.15, 0.2) is 6.33 Å². The first-order valence-corrected chi connectivity index (χ1v) is 6.63. The fraction of sp³-hybridized carbons (Fsp3) is 0.615. The fourth-order valence-electron chi connectivity index (χ4n) is 2.18. The first kappa shape index (κ1) is 14.5. The molecule has 2 heterocycles. The van der Waals surface area contributed by atoms with Gasteiger partial charge in [0, 0.05) is 26.1 Å². The Morgan fingerprint density at radius 1 is 1.50 bits per heavy atom. The maximum atomic E-state index is 11.6. The van der Waals surface area contributed by atoms with Gasteiger partial charge < -0.3 is 19.9 Å². The maximum Gasteiger partial charge on any atom is 0.329 e. The van der Waals surface area contributed by atoms with E-state index in [0.29, 0.717) is 49.9 Å². The molecule has 0 bridgehead atoms. The van der Waals surface area contributed by atoms with Crippen LogP contribution in [0, 0.1) is 6.92 Å². The maximum absolute atomic E-state index is 11.6. The third-order valence-corrected chi connectivity index (χ3v) is 3.43. The summed E-state index contributed by atoms with van der Waals surface area (Å²) in [4.78, 5) is 19.8. The van der Waals surface area contributed by atoms with Crippen LogP contribution in [-0.4, -0.2) is 46.4 Å². The first-order chi connectivity index (χ1) is 9.59. The zero-order chi connectivity index (χ0) is 14.6. The zero-order valence-corrected chi connectivity index (χ0v) is 11.7. The van der Waals surface area contributed by atoms with Crippen LogP contribution in [0.1, 0.15) is 25.3 Å². The normalized spacial score (nSPS) is 17.5. The third-order valence-electron chi connectivity index (χ3n) is 3.43. The third kappa shape index (κ3) is 2.82. The van der Waals surface area contributed by atoms with E-state index in [9.17, 15) is 9.90 Å². The highest BCUT2D eigenvalue weighted by atomic mass is 16.5. The monoisotopic (exact) mass is 281 g/mol.